The van der Waals surface area contributed by atoms with Crippen molar-refractivity contribution in [1.29, 1.82) is 0 Å². The molecule has 1 amide bonds. The fourth-order valence-electron chi connectivity index (χ4n) is 2.65. The molecule has 0 aliphatic heterocycles. The van der Waals surface area contributed by atoms with Crippen LogP contribution in [0.25, 0.3) is 0 Å². The van der Waals surface area contributed by atoms with E-state index in [1.54, 1.807) is 30.0 Å². The molecule has 5 nitrogen and oxygen atoms in total. The normalized spacial score (nSPS) is 16.9. The molecule has 1 heterocycles. The number of benzene rings is 1. The summed E-state index contributed by atoms with van der Waals surface area (Å²) < 4.78 is 5.78. The van der Waals surface area contributed by atoms with Crippen LogP contribution in [0.2, 0.25) is 0 Å². The molecule has 3 rings (SSSR count). The lowest BCUT2D eigenvalue weighted by atomic mass is 9.83. The van der Waals surface area contributed by atoms with Crippen LogP contribution < -0.4 is 10.2 Å². The molecule has 1 aromatic heterocycles. The SMILES string of the molecule is O=C(NO)C1CCc2cc(Oc3ccncc3)ccc2C1. The van der Waals surface area contributed by atoms with Crippen LogP contribution in [0.1, 0.15) is 17.5 Å². The Bertz CT molecular complexity index is 643. The van der Waals surface area contributed by atoms with Crippen LogP contribution in [-0.4, -0.2) is 16.1 Å². The summed E-state index contributed by atoms with van der Waals surface area (Å²) in [7, 11) is 0. The molecular formula is C16H16N2O3. The number of hydrogen-bond donors (Lipinski definition) is 2. The van der Waals surface area contributed by atoms with E-state index in [0.29, 0.717) is 6.42 Å². The first-order chi connectivity index (χ1) is 10.3. The number of ether oxygens (including phenoxy) is 1. The molecule has 1 aromatic carbocycles. The standard InChI is InChI=1S/C16H16N2O3/c19-16(18-20)13-2-1-12-10-15(4-3-11(12)9-13)21-14-5-7-17-8-6-14/h3-8,10,13,20H,1-2,9H2,(H,18,19). The first kappa shape index (κ1) is 13.6. The lowest BCUT2D eigenvalue weighted by Gasteiger charge is -2.23. The highest BCUT2D eigenvalue weighted by atomic mass is 16.5. The highest BCUT2D eigenvalue weighted by Gasteiger charge is 2.24. The molecule has 0 saturated heterocycles. The van der Waals surface area contributed by atoms with Crippen molar-refractivity contribution in [3.63, 3.8) is 0 Å². The molecule has 2 N–H and O–H groups in total. The van der Waals surface area contributed by atoms with E-state index >= 15 is 0 Å². The van der Waals surface area contributed by atoms with Crippen LogP contribution in [0.4, 0.5) is 0 Å². The van der Waals surface area contributed by atoms with Crippen molar-refractivity contribution in [3.8, 4) is 11.5 Å². The Kier molecular flexibility index (Phi) is 3.83. The second-order valence-corrected chi connectivity index (χ2v) is 5.13. The minimum absolute atomic E-state index is 0.158. The molecule has 0 saturated carbocycles. The summed E-state index contributed by atoms with van der Waals surface area (Å²) >= 11 is 0. The topological polar surface area (TPSA) is 71.5 Å². The average molecular weight is 284 g/mol. The average Bonchev–Trinajstić information content (AvgIpc) is 2.54. The molecule has 108 valence electrons. The van der Waals surface area contributed by atoms with Crippen molar-refractivity contribution in [2.75, 3.05) is 0 Å². The fraction of sp³-hybridized carbons (Fsp3) is 0.250. The van der Waals surface area contributed by atoms with E-state index in [-0.39, 0.29) is 11.8 Å². The predicted molar refractivity (Wildman–Crippen MR) is 76.2 cm³/mol. The molecule has 0 fully saturated rings. The third-order valence-electron chi connectivity index (χ3n) is 3.77. The summed E-state index contributed by atoms with van der Waals surface area (Å²) in [6, 6.07) is 9.52. The van der Waals surface area contributed by atoms with Gasteiger partial charge in [-0.25, -0.2) is 5.48 Å². The number of hydroxylamine groups is 1. The minimum Gasteiger partial charge on any atom is -0.457 e. The van der Waals surface area contributed by atoms with Crippen LogP contribution in [0.3, 0.4) is 0 Å². The van der Waals surface area contributed by atoms with Gasteiger partial charge in [-0.2, -0.15) is 0 Å². The molecule has 0 radical (unpaired) electrons. The summed E-state index contributed by atoms with van der Waals surface area (Å²) in [5.41, 5.74) is 4.07. The maximum atomic E-state index is 11.5. The van der Waals surface area contributed by atoms with Crippen molar-refractivity contribution in [2.45, 2.75) is 19.3 Å². The molecule has 21 heavy (non-hydrogen) atoms. The van der Waals surface area contributed by atoms with Crippen LogP contribution in [0.5, 0.6) is 11.5 Å². The number of hydrogen-bond acceptors (Lipinski definition) is 4. The first-order valence-electron chi connectivity index (χ1n) is 6.90. The number of aromatic nitrogens is 1. The summed E-state index contributed by atoms with van der Waals surface area (Å²) in [4.78, 5) is 15.4. The zero-order chi connectivity index (χ0) is 14.7. The number of nitrogens with one attached hydrogen (secondary N) is 1. The first-order valence-corrected chi connectivity index (χ1v) is 6.90. The molecular weight excluding hydrogens is 268 g/mol. The molecule has 1 atom stereocenters. The van der Waals surface area contributed by atoms with Gasteiger partial charge in [-0.15, -0.1) is 0 Å². The number of fused-ring (bicyclic) bond motifs is 1. The number of aryl methyl sites for hydroxylation is 1. The second kappa shape index (κ2) is 5.93. The van der Waals surface area contributed by atoms with E-state index in [2.05, 4.69) is 4.98 Å². The fourth-order valence-corrected chi connectivity index (χ4v) is 2.65. The van der Waals surface area contributed by atoms with E-state index < -0.39 is 0 Å². The highest BCUT2D eigenvalue weighted by molar-refractivity contribution is 5.78. The lowest BCUT2D eigenvalue weighted by molar-refractivity contribution is -0.133. The number of carbonyl (C=O) groups excluding carboxylic acids is 1. The zero-order valence-corrected chi connectivity index (χ0v) is 11.5. The summed E-state index contributed by atoms with van der Waals surface area (Å²) in [6.07, 6.45) is 5.56. The van der Waals surface area contributed by atoms with Gasteiger partial charge in [-0.1, -0.05) is 6.07 Å². The third-order valence-corrected chi connectivity index (χ3v) is 3.77. The zero-order valence-electron chi connectivity index (χ0n) is 11.5. The van der Waals surface area contributed by atoms with Gasteiger partial charge in [0.2, 0.25) is 5.91 Å². The van der Waals surface area contributed by atoms with Gasteiger partial charge < -0.3 is 4.74 Å². The van der Waals surface area contributed by atoms with E-state index in [4.69, 9.17) is 9.94 Å². The Labute approximate surface area is 122 Å². The molecule has 0 bridgehead atoms. The van der Waals surface area contributed by atoms with Gasteiger partial charge in [0, 0.05) is 18.3 Å². The molecule has 1 aliphatic carbocycles. The molecule has 1 aliphatic rings. The number of rotatable bonds is 3. The van der Waals surface area contributed by atoms with Gasteiger partial charge in [0.1, 0.15) is 11.5 Å². The van der Waals surface area contributed by atoms with Crippen LogP contribution in [0.15, 0.2) is 42.7 Å². The number of pyridine rings is 1. The lowest BCUT2D eigenvalue weighted by Crippen LogP contribution is -2.31. The van der Waals surface area contributed by atoms with Crippen LogP contribution >= 0.6 is 0 Å². The monoisotopic (exact) mass is 284 g/mol. The Hall–Kier alpha value is -2.40. The largest absolute Gasteiger partial charge is 0.457 e. The smallest absolute Gasteiger partial charge is 0.246 e. The van der Waals surface area contributed by atoms with Crippen molar-refractivity contribution < 1.29 is 14.7 Å². The number of amides is 1. The van der Waals surface area contributed by atoms with E-state index in [0.717, 1.165) is 29.9 Å². The Balaban J connectivity index is 1.76. The van der Waals surface area contributed by atoms with Gasteiger partial charge >= 0.3 is 0 Å². The van der Waals surface area contributed by atoms with Crippen molar-refractivity contribution in [1.82, 2.24) is 10.5 Å². The molecule has 2 aromatic rings. The van der Waals surface area contributed by atoms with Gasteiger partial charge in [-0.3, -0.25) is 15.0 Å². The van der Waals surface area contributed by atoms with Gasteiger partial charge in [-0.05, 0) is 54.7 Å². The predicted octanol–water partition coefficient (Wildman–Crippen LogP) is 2.48. The quantitative estimate of drug-likeness (QED) is 0.671. The Morgan fingerprint density at radius 1 is 1.19 bits per heavy atom. The van der Waals surface area contributed by atoms with E-state index in [1.165, 1.54) is 5.56 Å². The molecule has 1 unspecified atom stereocenters. The van der Waals surface area contributed by atoms with Crippen molar-refractivity contribution in [3.05, 3.63) is 53.9 Å². The summed E-state index contributed by atoms with van der Waals surface area (Å²) in [6.45, 7) is 0. The third kappa shape index (κ3) is 3.03. The van der Waals surface area contributed by atoms with E-state index in [9.17, 15) is 4.79 Å². The van der Waals surface area contributed by atoms with Gasteiger partial charge in [0.05, 0.1) is 0 Å². The second-order valence-electron chi connectivity index (χ2n) is 5.13. The van der Waals surface area contributed by atoms with E-state index in [1.807, 2.05) is 18.2 Å². The number of carbonyl (C=O) groups is 1. The van der Waals surface area contributed by atoms with Crippen LogP contribution in [0, 0.1) is 5.92 Å². The van der Waals surface area contributed by atoms with Gasteiger partial charge in [0.15, 0.2) is 0 Å². The van der Waals surface area contributed by atoms with Gasteiger partial charge in [0.25, 0.3) is 0 Å². The molecule has 0 spiro atoms. The summed E-state index contributed by atoms with van der Waals surface area (Å²) in [5, 5.41) is 8.72. The Morgan fingerprint density at radius 2 is 2.00 bits per heavy atom. The summed E-state index contributed by atoms with van der Waals surface area (Å²) in [5.74, 6) is 1.07. The Morgan fingerprint density at radius 3 is 2.76 bits per heavy atom. The molecule has 5 heteroatoms. The maximum Gasteiger partial charge on any atom is 0.246 e. The van der Waals surface area contributed by atoms with Crippen molar-refractivity contribution >= 4 is 5.91 Å². The number of nitrogens with zero attached hydrogens (tertiary/aromatic N) is 1. The van der Waals surface area contributed by atoms with Crippen molar-refractivity contribution in [2.24, 2.45) is 5.92 Å². The highest BCUT2D eigenvalue weighted by Crippen LogP contribution is 2.30. The maximum absolute atomic E-state index is 11.5. The minimum atomic E-state index is -0.308. The van der Waals surface area contributed by atoms with Crippen LogP contribution in [-0.2, 0) is 17.6 Å².